The first kappa shape index (κ1) is 9.03. The van der Waals surface area contributed by atoms with E-state index in [0.717, 1.165) is 11.3 Å². The lowest BCUT2D eigenvalue weighted by molar-refractivity contribution is 0.267. The molecule has 0 bridgehead atoms. The maximum absolute atomic E-state index is 8.79. The van der Waals surface area contributed by atoms with E-state index in [1.807, 2.05) is 24.3 Å². The highest BCUT2D eigenvalue weighted by molar-refractivity contribution is 5.30. The predicted octanol–water partition coefficient (Wildman–Crippen LogP) is 0.687. The molecule has 3 heteroatoms. The Kier molecular flexibility index (Phi) is 3.08. The van der Waals surface area contributed by atoms with E-state index in [2.05, 4.69) is 0 Å². The van der Waals surface area contributed by atoms with Crippen LogP contribution >= 0.6 is 0 Å². The molecule has 0 aliphatic heterocycles. The van der Waals surface area contributed by atoms with Crippen LogP contribution in [0.25, 0.3) is 0 Å². The van der Waals surface area contributed by atoms with Crippen molar-refractivity contribution in [1.82, 2.24) is 0 Å². The number of hydrogen-bond acceptors (Lipinski definition) is 3. The van der Waals surface area contributed by atoms with Crippen molar-refractivity contribution < 1.29 is 9.84 Å². The van der Waals surface area contributed by atoms with Gasteiger partial charge in [0, 0.05) is 0 Å². The summed E-state index contributed by atoms with van der Waals surface area (Å²) in [6.45, 7) is -0.0484. The minimum Gasteiger partial charge on any atom is -0.497 e. The zero-order valence-electron chi connectivity index (χ0n) is 7.03. The van der Waals surface area contributed by atoms with Gasteiger partial charge in [-0.1, -0.05) is 12.1 Å². The summed E-state index contributed by atoms with van der Waals surface area (Å²) >= 11 is 0. The zero-order chi connectivity index (χ0) is 8.97. The molecule has 0 spiro atoms. The fourth-order valence-electron chi connectivity index (χ4n) is 0.978. The molecule has 1 unspecified atom stereocenters. The molecule has 66 valence electrons. The van der Waals surface area contributed by atoms with Crippen molar-refractivity contribution in [3.8, 4) is 5.75 Å². The van der Waals surface area contributed by atoms with Crippen molar-refractivity contribution in [2.24, 2.45) is 5.73 Å². The van der Waals surface area contributed by atoms with Crippen LogP contribution in [0.5, 0.6) is 5.75 Å². The normalized spacial score (nSPS) is 12.6. The van der Waals surface area contributed by atoms with Gasteiger partial charge in [0.2, 0.25) is 0 Å². The monoisotopic (exact) mass is 167 g/mol. The number of benzene rings is 1. The van der Waals surface area contributed by atoms with E-state index >= 15 is 0 Å². The zero-order valence-corrected chi connectivity index (χ0v) is 7.03. The van der Waals surface area contributed by atoms with Crippen molar-refractivity contribution in [3.63, 3.8) is 0 Å². The Morgan fingerprint density at radius 1 is 1.58 bits per heavy atom. The van der Waals surface area contributed by atoms with Gasteiger partial charge in [0.15, 0.2) is 0 Å². The summed E-state index contributed by atoms with van der Waals surface area (Å²) < 4.78 is 5.01. The Balaban J connectivity index is 2.86. The van der Waals surface area contributed by atoms with Crippen LogP contribution in [0.1, 0.15) is 11.6 Å². The van der Waals surface area contributed by atoms with Crippen LogP contribution in [0.4, 0.5) is 0 Å². The molecule has 0 saturated carbocycles. The minimum absolute atomic E-state index is 0.0484. The molecular weight excluding hydrogens is 154 g/mol. The molecule has 0 amide bonds. The number of nitrogens with two attached hydrogens (primary N) is 1. The molecule has 0 fully saturated rings. The molecule has 0 radical (unpaired) electrons. The predicted molar refractivity (Wildman–Crippen MR) is 47.0 cm³/mol. The SMILES string of the molecule is COc1cccc(C(N)CO)c1. The third-order valence-electron chi connectivity index (χ3n) is 1.72. The third kappa shape index (κ3) is 1.96. The van der Waals surface area contributed by atoms with Crippen molar-refractivity contribution >= 4 is 0 Å². The molecule has 0 aromatic heterocycles. The van der Waals surface area contributed by atoms with Gasteiger partial charge in [-0.25, -0.2) is 0 Å². The summed E-state index contributed by atoms with van der Waals surface area (Å²) in [6.07, 6.45) is 0. The van der Waals surface area contributed by atoms with Gasteiger partial charge in [-0.15, -0.1) is 0 Å². The highest BCUT2D eigenvalue weighted by Crippen LogP contribution is 2.16. The van der Waals surface area contributed by atoms with E-state index < -0.39 is 0 Å². The quantitative estimate of drug-likeness (QED) is 0.696. The Labute approximate surface area is 71.8 Å². The fraction of sp³-hybridized carbons (Fsp3) is 0.333. The number of rotatable bonds is 3. The average Bonchev–Trinajstić information content (AvgIpc) is 2.17. The molecule has 0 saturated heterocycles. The van der Waals surface area contributed by atoms with Crippen LogP contribution in [0.3, 0.4) is 0 Å². The number of methoxy groups -OCH3 is 1. The maximum atomic E-state index is 8.79. The van der Waals surface area contributed by atoms with Gasteiger partial charge in [0.25, 0.3) is 0 Å². The second kappa shape index (κ2) is 4.09. The average molecular weight is 167 g/mol. The van der Waals surface area contributed by atoms with Crippen LogP contribution in [0.2, 0.25) is 0 Å². The molecule has 0 aliphatic carbocycles. The summed E-state index contributed by atoms with van der Waals surface area (Å²) in [7, 11) is 1.60. The fourth-order valence-corrected chi connectivity index (χ4v) is 0.978. The summed E-state index contributed by atoms with van der Waals surface area (Å²) in [5.74, 6) is 0.761. The Morgan fingerprint density at radius 2 is 2.33 bits per heavy atom. The van der Waals surface area contributed by atoms with Crippen LogP contribution in [-0.2, 0) is 0 Å². The van der Waals surface area contributed by atoms with Gasteiger partial charge in [-0.3, -0.25) is 0 Å². The lowest BCUT2D eigenvalue weighted by Crippen LogP contribution is -2.14. The molecule has 3 N–H and O–H groups in total. The lowest BCUT2D eigenvalue weighted by atomic mass is 10.1. The van der Waals surface area contributed by atoms with Gasteiger partial charge in [-0.05, 0) is 17.7 Å². The molecule has 1 atom stereocenters. The van der Waals surface area contributed by atoms with Crippen molar-refractivity contribution in [1.29, 1.82) is 0 Å². The van der Waals surface area contributed by atoms with Gasteiger partial charge in [0.05, 0.1) is 19.8 Å². The second-order valence-corrected chi connectivity index (χ2v) is 2.57. The first-order valence-electron chi connectivity index (χ1n) is 3.78. The number of aliphatic hydroxyl groups excluding tert-OH is 1. The Hall–Kier alpha value is -1.06. The van der Waals surface area contributed by atoms with Crippen LogP contribution < -0.4 is 10.5 Å². The Bertz CT molecular complexity index is 250. The first-order valence-corrected chi connectivity index (χ1v) is 3.78. The van der Waals surface area contributed by atoms with Crippen molar-refractivity contribution in [3.05, 3.63) is 29.8 Å². The molecule has 1 rings (SSSR count). The smallest absolute Gasteiger partial charge is 0.119 e. The van der Waals surface area contributed by atoms with E-state index in [9.17, 15) is 0 Å². The van der Waals surface area contributed by atoms with E-state index in [0.29, 0.717) is 0 Å². The maximum Gasteiger partial charge on any atom is 0.119 e. The van der Waals surface area contributed by atoms with E-state index in [1.54, 1.807) is 7.11 Å². The molecule has 1 aromatic carbocycles. The van der Waals surface area contributed by atoms with Crippen LogP contribution in [0.15, 0.2) is 24.3 Å². The van der Waals surface area contributed by atoms with Crippen LogP contribution in [0, 0.1) is 0 Å². The van der Waals surface area contributed by atoms with E-state index in [1.165, 1.54) is 0 Å². The number of ether oxygens (including phenoxy) is 1. The van der Waals surface area contributed by atoms with E-state index in [4.69, 9.17) is 15.6 Å². The standard InChI is InChI=1S/C9H13NO2/c1-12-8-4-2-3-7(5-8)9(10)6-11/h2-5,9,11H,6,10H2,1H3. The molecule has 0 aliphatic rings. The summed E-state index contributed by atoms with van der Waals surface area (Å²) in [5, 5.41) is 8.79. The molecule has 0 heterocycles. The van der Waals surface area contributed by atoms with Gasteiger partial charge in [-0.2, -0.15) is 0 Å². The number of aliphatic hydroxyl groups is 1. The summed E-state index contributed by atoms with van der Waals surface area (Å²) in [5.41, 5.74) is 6.50. The second-order valence-electron chi connectivity index (χ2n) is 2.57. The summed E-state index contributed by atoms with van der Waals surface area (Å²) in [6, 6.07) is 7.06. The lowest BCUT2D eigenvalue weighted by Gasteiger charge is -2.09. The highest BCUT2D eigenvalue weighted by Gasteiger charge is 2.03. The molecule has 3 nitrogen and oxygen atoms in total. The number of hydrogen-bond donors (Lipinski definition) is 2. The Morgan fingerprint density at radius 3 is 2.92 bits per heavy atom. The van der Waals surface area contributed by atoms with Crippen molar-refractivity contribution in [2.45, 2.75) is 6.04 Å². The molecule has 12 heavy (non-hydrogen) atoms. The first-order chi connectivity index (χ1) is 5.77. The topological polar surface area (TPSA) is 55.5 Å². The van der Waals surface area contributed by atoms with E-state index in [-0.39, 0.29) is 12.6 Å². The molecule has 1 aromatic rings. The largest absolute Gasteiger partial charge is 0.497 e. The van der Waals surface area contributed by atoms with Gasteiger partial charge >= 0.3 is 0 Å². The highest BCUT2D eigenvalue weighted by atomic mass is 16.5. The van der Waals surface area contributed by atoms with Crippen molar-refractivity contribution in [2.75, 3.05) is 13.7 Å². The molecular formula is C9H13NO2. The summed E-state index contributed by atoms with van der Waals surface area (Å²) in [4.78, 5) is 0. The third-order valence-corrected chi connectivity index (χ3v) is 1.72. The minimum atomic E-state index is -0.319. The van der Waals surface area contributed by atoms with Gasteiger partial charge in [0.1, 0.15) is 5.75 Å². The van der Waals surface area contributed by atoms with Crippen LogP contribution in [-0.4, -0.2) is 18.8 Å². The van der Waals surface area contributed by atoms with Gasteiger partial charge < -0.3 is 15.6 Å².